The fraction of sp³-hybridized carbons (Fsp3) is 0.545. The number of ether oxygens (including phenoxy) is 1. The van der Waals surface area contributed by atoms with Crippen LogP contribution in [0.25, 0.3) is 0 Å². The average Bonchev–Trinajstić information content (AvgIpc) is 2.18. The van der Waals surface area contributed by atoms with Gasteiger partial charge in [0.05, 0.1) is 6.61 Å². The molecule has 0 bridgehead atoms. The van der Waals surface area contributed by atoms with E-state index < -0.39 is 0 Å². The summed E-state index contributed by atoms with van der Waals surface area (Å²) in [6.45, 7) is 3.78. The molecule has 0 saturated carbocycles. The molecule has 0 spiro atoms. The number of rotatable bonds is 5. The first-order valence-corrected chi connectivity index (χ1v) is 5.78. The van der Waals surface area contributed by atoms with Gasteiger partial charge >= 0.3 is 0 Å². The molecule has 0 radical (unpaired) electrons. The minimum atomic E-state index is 0.703. The molecule has 0 atom stereocenters. The van der Waals surface area contributed by atoms with Gasteiger partial charge in [0.2, 0.25) is 5.88 Å². The van der Waals surface area contributed by atoms with Crippen molar-refractivity contribution >= 4 is 15.9 Å². The maximum atomic E-state index is 5.53. The number of aromatic nitrogens is 1. The Labute approximate surface area is 99.6 Å². The van der Waals surface area contributed by atoms with Crippen molar-refractivity contribution in [1.29, 1.82) is 0 Å². The zero-order chi connectivity index (χ0) is 11.3. The van der Waals surface area contributed by atoms with Crippen LogP contribution in [0.2, 0.25) is 0 Å². The minimum absolute atomic E-state index is 0.703. The number of hydrogen-bond acceptors (Lipinski definition) is 3. The quantitative estimate of drug-likeness (QED) is 0.771. The highest BCUT2D eigenvalue weighted by atomic mass is 79.9. The minimum Gasteiger partial charge on any atom is -0.478 e. The first-order valence-electron chi connectivity index (χ1n) is 4.99. The molecular weight excluding hydrogens is 256 g/mol. The SMILES string of the molecule is Cc1cc(OCCCN(C)C)ncc1Br. The van der Waals surface area contributed by atoms with Gasteiger partial charge in [-0.1, -0.05) is 0 Å². The summed E-state index contributed by atoms with van der Waals surface area (Å²) in [5, 5.41) is 0. The lowest BCUT2D eigenvalue weighted by Crippen LogP contribution is -2.15. The van der Waals surface area contributed by atoms with Crippen molar-refractivity contribution in [2.24, 2.45) is 0 Å². The van der Waals surface area contributed by atoms with Crippen LogP contribution in [0.5, 0.6) is 5.88 Å². The van der Waals surface area contributed by atoms with Gasteiger partial charge < -0.3 is 9.64 Å². The second kappa shape index (κ2) is 6.08. The summed E-state index contributed by atoms with van der Waals surface area (Å²) >= 11 is 3.41. The van der Waals surface area contributed by atoms with E-state index in [0.29, 0.717) is 12.5 Å². The molecule has 1 rings (SSSR count). The Balaban J connectivity index is 2.35. The van der Waals surface area contributed by atoms with Crippen LogP contribution in [-0.2, 0) is 0 Å². The molecule has 0 fully saturated rings. The topological polar surface area (TPSA) is 25.4 Å². The van der Waals surface area contributed by atoms with Crippen LogP contribution in [0.3, 0.4) is 0 Å². The fourth-order valence-corrected chi connectivity index (χ4v) is 1.37. The van der Waals surface area contributed by atoms with Gasteiger partial charge in [0.15, 0.2) is 0 Å². The Kier molecular flexibility index (Phi) is 5.05. The molecule has 0 aliphatic heterocycles. The van der Waals surface area contributed by atoms with Crippen LogP contribution in [0.1, 0.15) is 12.0 Å². The summed E-state index contributed by atoms with van der Waals surface area (Å²) in [6.07, 6.45) is 2.79. The molecule has 1 aromatic heterocycles. The molecule has 0 aliphatic carbocycles. The Bertz CT molecular complexity index is 315. The molecule has 1 aromatic rings. The van der Waals surface area contributed by atoms with Gasteiger partial charge in [-0.2, -0.15) is 0 Å². The van der Waals surface area contributed by atoms with Crippen molar-refractivity contribution < 1.29 is 4.74 Å². The molecule has 0 aromatic carbocycles. The van der Waals surface area contributed by atoms with Crippen LogP contribution in [-0.4, -0.2) is 37.1 Å². The van der Waals surface area contributed by atoms with Crippen LogP contribution in [0.4, 0.5) is 0 Å². The lowest BCUT2D eigenvalue weighted by molar-refractivity contribution is 0.273. The van der Waals surface area contributed by atoms with Gasteiger partial charge in [0.25, 0.3) is 0 Å². The van der Waals surface area contributed by atoms with E-state index in [2.05, 4.69) is 39.9 Å². The first-order chi connectivity index (χ1) is 7.09. The second-order valence-electron chi connectivity index (χ2n) is 3.78. The third-order valence-corrected chi connectivity index (χ3v) is 2.85. The molecule has 0 unspecified atom stereocenters. The van der Waals surface area contributed by atoms with Gasteiger partial charge in [0.1, 0.15) is 0 Å². The lowest BCUT2D eigenvalue weighted by Gasteiger charge is -2.10. The van der Waals surface area contributed by atoms with E-state index in [-0.39, 0.29) is 0 Å². The van der Waals surface area contributed by atoms with Gasteiger partial charge in [-0.3, -0.25) is 0 Å². The van der Waals surface area contributed by atoms with E-state index in [1.165, 1.54) is 0 Å². The number of pyridine rings is 1. The molecule has 4 heteroatoms. The monoisotopic (exact) mass is 272 g/mol. The molecule has 15 heavy (non-hydrogen) atoms. The molecule has 3 nitrogen and oxygen atoms in total. The van der Waals surface area contributed by atoms with Crippen molar-refractivity contribution in [3.63, 3.8) is 0 Å². The summed E-state index contributed by atoms with van der Waals surface area (Å²) in [5.41, 5.74) is 1.15. The molecule has 0 amide bonds. The highest BCUT2D eigenvalue weighted by Gasteiger charge is 1.99. The maximum Gasteiger partial charge on any atom is 0.213 e. The lowest BCUT2D eigenvalue weighted by atomic mass is 10.3. The molecule has 0 N–H and O–H groups in total. The predicted octanol–water partition coefficient (Wildman–Crippen LogP) is 2.48. The number of aryl methyl sites for hydroxylation is 1. The molecule has 84 valence electrons. The number of hydrogen-bond donors (Lipinski definition) is 0. The largest absolute Gasteiger partial charge is 0.478 e. The molecular formula is C11H17BrN2O. The van der Waals surface area contributed by atoms with Crippen molar-refractivity contribution in [2.75, 3.05) is 27.2 Å². The van der Waals surface area contributed by atoms with Crippen molar-refractivity contribution in [1.82, 2.24) is 9.88 Å². The van der Waals surface area contributed by atoms with E-state index in [4.69, 9.17) is 4.74 Å². The smallest absolute Gasteiger partial charge is 0.213 e. The van der Waals surface area contributed by atoms with Crippen molar-refractivity contribution in [3.05, 3.63) is 22.3 Å². The standard InChI is InChI=1S/C11H17BrN2O/c1-9-7-11(13-8-10(9)12)15-6-4-5-14(2)3/h7-8H,4-6H2,1-3H3. The summed E-state index contributed by atoms with van der Waals surface area (Å²) in [6, 6.07) is 1.94. The Morgan fingerprint density at radius 2 is 2.20 bits per heavy atom. The normalized spacial score (nSPS) is 10.7. The predicted molar refractivity (Wildman–Crippen MR) is 65.3 cm³/mol. The summed E-state index contributed by atoms with van der Waals surface area (Å²) in [7, 11) is 4.12. The summed E-state index contributed by atoms with van der Waals surface area (Å²) < 4.78 is 6.55. The van der Waals surface area contributed by atoms with E-state index in [1.54, 1.807) is 6.20 Å². The average molecular weight is 273 g/mol. The molecule has 0 aliphatic rings. The zero-order valence-electron chi connectivity index (χ0n) is 9.46. The van der Waals surface area contributed by atoms with Crippen LogP contribution in [0, 0.1) is 6.92 Å². The van der Waals surface area contributed by atoms with Crippen LogP contribution in [0.15, 0.2) is 16.7 Å². The Hall–Kier alpha value is -0.610. The van der Waals surface area contributed by atoms with Gasteiger partial charge in [-0.15, -0.1) is 0 Å². The van der Waals surface area contributed by atoms with Crippen molar-refractivity contribution in [3.8, 4) is 5.88 Å². The Morgan fingerprint density at radius 1 is 1.47 bits per heavy atom. The van der Waals surface area contributed by atoms with E-state index in [0.717, 1.165) is 23.0 Å². The van der Waals surface area contributed by atoms with Crippen molar-refractivity contribution in [2.45, 2.75) is 13.3 Å². The maximum absolute atomic E-state index is 5.53. The van der Waals surface area contributed by atoms with E-state index in [9.17, 15) is 0 Å². The highest BCUT2D eigenvalue weighted by molar-refractivity contribution is 9.10. The molecule has 1 heterocycles. The Morgan fingerprint density at radius 3 is 2.80 bits per heavy atom. The third kappa shape index (κ3) is 4.62. The number of halogens is 1. The van der Waals surface area contributed by atoms with Gasteiger partial charge in [-0.25, -0.2) is 4.98 Å². The highest BCUT2D eigenvalue weighted by Crippen LogP contribution is 2.18. The third-order valence-electron chi connectivity index (χ3n) is 2.02. The second-order valence-corrected chi connectivity index (χ2v) is 4.63. The van der Waals surface area contributed by atoms with E-state index in [1.807, 2.05) is 13.0 Å². The van der Waals surface area contributed by atoms with Gasteiger partial charge in [-0.05, 0) is 48.9 Å². The van der Waals surface area contributed by atoms with Crippen LogP contribution < -0.4 is 4.74 Å². The fourth-order valence-electron chi connectivity index (χ4n) is 1.15. The zero-order valence-corrected chi connectivity index (χ0v) is 11.0. The summed E-state index contributed by atoms with van der Waals surface area (Å²) in [5.74, 6) is 0.703. The van der Waals surface area contributed by atoms with Gasteiger partial charge in [0, 0.05) is 23.3 Å². The van der Waals surface area contributed by atoms with Crippen LogP contribution >= 0.6 is 15.9 Å². The first kappa shape index (κ1) is 12.5. The van der Waals surface area contributed by atoms with E-state index >= 15 is 0 Å². The molecule has 0 saturated heterocycles. The summed E-state index contributed by atoms with van der Waals surface area (Å²) in [4.78, 5) is 6.32. The number of nitrogens with zero attached hydrogens (tertiary/aromatic N) is 2.